The van der Waals surface area contributed by atoms with Gasteiger partial charge in [0.25, 0.3) is 0 Å². The van der Waals surface area contributed by atoms with E-state index in [4.69, 9.17) is 4.74 Å². The topological polar surface area (TPSA) is 44.8 Å². The average Bonchev–Trinajstić information content (AvgIpc) is 3.18. The van der Waals surface area contributed by atoms with E-state index in [1.165, 1.54) is 31.6 Å². The zero-order valence-electron chi connectivity index (χ0n) is 14.2. The number of hydrogen-bond acceptors (Lipinski definition) is 4. The van der Waals surface area contributed by atoms with Gasteiger partial charge in [0, 0.05) is 45.6 Å². The quantitative estimate of drug-likeness (QED) is 0.919. The number of amides is 1. The van der Waals surface area contributed by atoms with Gasteiger partial charge >= 0.3 is 6.09 Å². The van der Waals surface area contributed by atoms with Crippen molar-refractivity contribution in [1.29, 1.82) is 0 Å². The van der Waals surface area contributed by atoms with Crippen molar-refractivity contribution in [2.24, 2.45) is 5.92 Å². The molecule has 3 saturated heterocycles. The molecule has 3 aliphatic heterocycles. The smallest absolute Gasteiger partial charge is 0.407 e. The first-order valence-electron chi connectivity index (χ1n) is 9.16. The van der Waals surface area contributed by atoms with Crippen LogP contribution in [0.3, 0.4) is 0 Å². The van der Waals surface area contributed by atoms with E-state index in [9.17, 15) is 4.79 Å². The Labute approximate surface area is 144 Å². The maximum atomic E-state index is 11.3. The zero-order chi connectivity index (χ0) is 16.4. The molecule has 0 bridgehead atoms. The lowest BCUT2D eigenvalue weighted by Crippen LogP contribution is -2.47. The minimum atomic E-state index is -0.240. The van der Waals surface area contributed by atoms with E-state index < -0.39 is 0 Å². The molecule has 0 aliphatic carbocycles. The van der Waals surface area contributed by atoms with Gasteiger partial charge < -0.3 is 15.0 Å². The Kier molecular flexibility index (Phi) is 4.46. The van der Waals surface area contributed by atoms with Gasteiger partial charge in [0.05, 0.1) is 6.54 Å². The lowest BCUT2D eigenvalue weighted by molar-refractivity contribution is -0.00216. The van der Waals surface area contributed by atoms with Crippen LogP contribution in [0.4, 0.5) is 4.79 Å². The molecular weight excluding hydrogens is 302 g/mol. The highest BCUT2D eigenvalue weighted by Crippen LogP contribution is 2.30. The predicted octanol–water partition coefficient (Wildman–Crippen LogP) is 2.08. The second kappa shape index (κ2) is 6.73. The molecule has 3 heterocycles. The molecule has 1 spiro atoms. The Bertz CT molecular complexity index is 569. The fraction of sp³-hybridized carbons (Fsp3) is 0.632. The minimum Gasteiger partial charge on any atom is -0.441 e. The van der Waals surface area contributed by atoms with Gasteiger partial charge in [-0.1, -0.05) is 30.3 Å². The lowest BCUT2D eigenvalue weighted by atomic mass is 9.91. The van der Waals surface area contributed by atoms with Crippen LogP contribution in [0.2, 0.25) is 0 Å². The van der Waals surface area contributed by atoms with Crippen molar-refractivity contribution in [2.75, 3.05) is 39.3 Å². The number of ether oxygens (including phenoxy) is 1. The van der Waals surface area contributed by atoms with Crippen LogP contribution in [0.1, 0.15) is 24.8 Å². The van der Waals surface area contributed by atoms with E-state index in [0.29, 0.717) is 6.54 Å². The van der Waals surface area contributed by atoms with Gasteiger partial charge in [-0.25, -0.2) is 4.79 Å². The van der Waals surface area contributed by atoms with Gasteiger partial charge in [-0.3, -0.25) is 4.90 Å². The van der Waals surface area contributed by atoms with Crippen LogP contribution in [0, 0.1) is 5.92 Å². The number of nitrogens with zero attached hydrogens (tertiary/aromatic N) is 2. The van der Waals surface area contributed by atoms with Gasteiger partial charge in [-0.2, -0.15) is 0 Å². The molecule has 0 radical (unpaired) electrons. The van der Waals surface area contributed by atoms with E-state index in [1.54, 1.807) is 0 Å². The summed E-state index contributed by atoms with van der Waals surface area (Å²) in [5, 5.41) is 2.81. The molecule has 5 heteroatoms. The van der Waals surface area contributed by atoms with Crippen LogP contribution in [0.25, 0.3) is 0 Å². The van der Waals surface area contributed by atoms with Crippen molar-refractivity contribution in [3.63, 3.8) is 0 Å². The molecule has 130 valence electrons. The van der Waals surface area contributed by atoms with Crippen LogP contribution in [0.15, 0.2) is 30.3 Å². The Hall–Kier alpha value is -1.59. The van der Waals surface area contributed by atoms with Crippen LogP contribution >= 0.6 is 0 Å². The zero-order valence-corrected chi connectivity index (χ0v) is 14.2. The number of piperidine rings is 1. The van der Waals surface area contributed by atoms with Gasteiger partial charge in [0.2, 0.25) is 0 Å². The summed E-state index contributed by atoms with van der Waals surface area (Å²) in [5.41, 5.74) is 1.19. The molecule has 3 fully saturated rings. The van der Waals surface area contributed by atoms with E-state index in [2.05, 4.69) is 45.4 Å². The van der Waals surface area contributed by atoms with Crippen molar-refractivity contribution in [2.45, 2.75) is 31.4 Å². The summed E-state index contributed by atoms with van der Waals surface area (Å²) in [5.74, 6) is 0.770. The highest BCUT2D eigenvalue weighted by atomic mass is 16.6. The predicted molar refractivity (Wildman–Crippen MR) is 92.7 cm³/mol. The molecular formula is C19H27N3O2. The molecule has 1 atom stereocenters. The molecule has 0 aromatic heterocycles. The molecule has 1 aromatic rings. The van der Waals surface area contributed by atoms with Crippen LogP contribution in [-0.2, 0) is 11.3 Å². The second-order valence-corrected chi connectivity index (χ2v) is 7.60. The second-order valence-electron chi connectivity index (χ2n) is 7.60. The molecule has 0 saturated carbocycles. The summed E-state index contributed by atoms with van der Waals surface area (Å²) < 4.78 is 5.51. The molecule has 5 nitrogen and oxygen atoms in total. The maximum Gasteiger partial charge on any atom is 0.407 e. The molecule has 1 amide bonds. The number of carbonyl (C=O) groups is 1. The number of benzene rings is 1. The number of likely N-dealkylation sites (tertiary alicyclic amines) is 2. The van der Waals surface area contributed by atoms with E-state index in [-0.39, 0.29) is 11.7 Å². The lowest BCUT2D eigenvalue weighted by Gasteiger charge is -2.38. The summed E-state index contributed by atoms with van der Waals surface area (Å²) in [6.07, 6.45) is 2.99. The third-order valence-electron chi connectivity index (χ3n) is 5.77. The first kappa shape index (κ1) is 15.9. The number of nitrogens with one attached hydrogen (secondary N) is 1. The monoisotopic (exact) mass is 329 g/mol. The standard InChI is InChI=1S/C19H27N3O2/c23-18-20-15-19(24-18)7-10-21(11-8-19)13-17-6-9-22(14-17)12-16-4-2-1-3-5-16/h1-5,17H,6-15H2,(H,20,23)/t17-/m0/s1. The summed E-state index contributed by atoms with van der Waals surface area (Å²) >= 11 is 0. The Morgan fingerprint density at radius 3 is 2.62 bits per heavy atom. The maximum absolute atomic E-state index is 11.3. The van der Waals surface area contributed by atoms with Crippen molar-refractivity contribution in [3.8, 4) is 0 Å². The number of hydrogen-bond donors (Lipinski definition) is 1. The fourth-order valence-electron chi connectivity index (χ4n) is 4.34. The molecule has 1 N–H and O–H groups in total. The number of carbonyl (C=O) groups excluding carboxylic acids is 1. The summed E-state index contributed by atoms with van der Waals surface area (Å²) in [6.45, 7) is 7.44. The van der Waals surface area contributed by atoms with E-state index in [0.717, 1.165) is 38.4 Å². The van der Waals surface area contributed by atoms with Gasteiger partial charge in [0.1, 0.15) is 5.60 Å². The largest absolute Gasteiger partial charge is 0.441 e. The first-order chi connectivity index (χ1) is 11.7. The third-order valence-corrected chi connectivity index (χ3v) is 5.77. The molecule has 4 rings (SSSR count). The fourth-order valence-corrected chi connectivity index (χ4v) is 4.34. The summed E-state index contributed by atoms with van der Waals surface area (Å²) in [7, 11) is 0. The SMILES string of the molecule is O=C1NCC2(CCN(C[C@@H]3CCN(Cc4ccccc4)C3)CC2)O1. The minimum absolute atomic E-state index is 0.220. The van der Waals surface area contributed by atoms with Gasteiger partial charge in [-0.15, -0.1) is 0 Å². The highest BCUT2D eigenvalue weighted by molar-refractivity contribution is 5.70. The van der Waals surface area contributed by atoms with E-state index in [1.807, 2.05) is 0 Å². The normalized spacial score (nSPS) is 27.3. The third kappa shape index (κ3) is 3.57. The van der Waals surface area contributed by atoms with Crippen LogP contribution in [-0.4, -0.2) is 60.8 Å². The Morgan fingerprint density at radius 2 is 1.92 bits per heavy atom. The van der Waals surface area contributed by atoms with Gasteiger partial charge in [0.15, 0.2) is 0 Å². The van der Waals surface area contributed by atoms with Crippen LogP contribution in [0.5, 0.6) is 0 Å². The summed E-state index contributed by atoms with van der Waals surface area (Å²) in [4.78, 5) is 16.5. The number of rotatable bonds is 4. The molecule has 1 aromatic carbocycles. The van der Waals surface area contributed by atoms with Crippen molar-refractivity contribution in [3.05, 3.63) is 35.9 Å². The highest BCUT2D eigenvalue weighted by Gasteiger charge is 2.43. The summed E-state index contributed by atoms with van der Waals surface area (Å²) in [6, 6.07) is 10.8. The van der Waals surface area contributed by atoms with Gasteiger partial charge in [-0.05, 0) is 24.4 Å². The molecule has 0 unspecified atom stereocenters. The number of alkyl carbamates (subject to hydrolysis) is 1. The molecule has 24 heavy (non-hydrogen) atoms. The van der Waals surface area contributed by atoms with Crippen molar-refractivity contribution in [1.82, 2.24) is 15.1 Å². The van der Waals surface area contributed by atoms with E-state index >= 15 is 0 Å². The van der Waals surface area contributed by atoms with Crippen molar-refractivity contribution >= 4 is 6.09 Å². The molecule has 3 aliphatic rings. The Morgan fingerprint density at radius 1 is 1.12 bits per heavy atom. The van der Waals surface area contributed by atoms with Crippen LogP contribution < -0.4 is 5.32 Å². The van der Waals surface area contributed by atoms with Crippen molar-refractivity contribution < 1.29 is 9.53 Å². The first-order valence-corrected chi connectivity index (χ1v) is 9.16. The Balaban J connectivity index is 1.22. The average molecular weight is 329 g/mol.